The number of rotatable bonds is 3. The van der Waals surface area contributed by atoms with Gasteiger partial charge in [-0.2, -0.15) is 0 Å². The number of nitrogens with zero attached hydrogens (tertiary/aromatic N) is 1. The summed E-state index contributed by atoms with van der Waals surface area (Å²) in [4.78, 5) is 14.1. The molecule has 2 aliphatic rings. The highest BCUT2D eigenvalue weighted by molar-refractivity contribution is 6.42. The monoisotopic (exact) mass is 355 g/mol. The van der Waals surface area contributed by atoms with Gasteiger partial charge in [-0.05, 0) is 30.5 Å². The molecule has 1 aromatic carbocycles. The molecule has 2 heterocycles. The third kappa shape index (κ3) is 4.07. The lowest BCUT2D eigenvalue weighted by Gasteiger charge is -2.33. The van der Waals surface area contributed by atoms with Gasteiger partial charge in [0.05, 0.1) is 23.3 Å². The Labute approximate surface area is 145 Å². The maximum atomic E-state index is 12.3. The molecule has 0 aromatic heterocycles. The molecule has 4 nitrogen and oxygen atoms in total. The van der Waals surface area contributed by atoms with Crippen LogP contribution in [-0.2, 0) is 14.3 Å². The lowest BCUT2D eigenvalue weighted by atomic mass is 9.96. The van der Waals surface area contributed by atoms with E-state index >= 15 is 0 Å². The van der Waals surface area contributed by atoms with Crippen molar-refractivity contribution in [3.63, 3.8) is 0 Å². The van der Waals surface area contributed by atoms with E-state index in [-0.39, 0.29) is 12.2 Å². The second kappa shape index (κ2) is 7.67. The minimum atomic E-state index is -0.0898. The molecule has 6 heteroatoms. The van der Waals surface area contributed by atoms with Crippen molar-refractivity contribution >= 4 is 35.2 Å². The van der Waals surface area contributed by atoms with Gasteiger partial charge in [0.1, 0.15) is 0 Å². The van der Waals surface area contributed by atoms with Gasteiger partial charge in [-0.15, -0.1) is 0 Å². The van der Waals surface area contributed by atoms with Crippen molar-refractivity contribution in [3.8, 4) is 0 Å². The molecule has 0 saturated carbocycles. The average Bonchev–Trinajstić information content (AvgIpc) is 3.10. The van der Waals surface area contributed by atoms with E-state index in [0.717, 1.165) is 31.5 Å². The fourth-order valence-corrected chi connectivity index (χ4v) is 3.33. The number of piperidine rings is 1. The summed E-state index contributed by atoms with van der Waals surface area (Å²) in [6.07, 6.45) is 4.99. The van der Waals surface area contributed by atoms with Gasteiger partial charge in [0.15, 0.2) is 6.29 Å². The fraction of sp³-hybridized carbons (Fsp3) is 0.471. The van der Waals surface area contributed by atoms with Crippen LogP contribution in [0.4, 0.5) is 0 Å². The van der Waals surface area contributed by atoms with Gasteiger partial charge in [0, 0.05) is 25.1 Å². The van der Waals surface area contributed by atoms with Crippen LogP contribution in [0.1, 0.15) is 18.4 Å². The van der Waals surface area contributed by atoms with E-state index in [9.17, 15) is 4.79 Å². The highest BCUT2D eigenvalue weighted by atomic mass is 35.5. The Morgan fingerprint density at radius 2 is 1.87 bits per heavy atom. The Morgan fingerprint density at radius 1 is 1.17 bits per heavy atom. The largest absolute Gasteiger partial charge is 0.350 e. The molecule has 1 aromatic rings. The van der Waals surface area contributed by atoms with E-state index < -0.39 is 0 Å². The van der Waals surface area contributed by atoms with Crippen molar-refractivity contribution < 1.29 is 14.3 Å². The zero-order valence-electron chi connectivity index (χ0n) is 12.7. The third-order valence-electron chi connectivity index (χ3n) is 4.27. The molecule has 0 N–H and O–H groups in total. The van der Waals surface area contributed by atoms with Crippen LogP contribution in [0.5, 0.6) is 0 Å². The van der Waals surface area contributed by atoms with E-state index in [2.05, 4.69) is 0 Å². The van der Waals surface area contributed by atoms with Gasteiger partial charge in [0.2, 0.25) is 5.91 Å². The quantitative estimate of drug-likeness (QED) is 0.777. The van der Waals surface area contributed by atoms with E-state index in [1.165, 1.54) is 0 Å². The van der Waals surface area contributed by atoms with Crippen molar-refractivity contribution in [1.29, 1.82) is 0 Å². The second-order valence-corrected chi connectivity index (χ2v) is 6.53. The highest BCUT2D eigenvalue weighted by Gasteiger charge is 2.31. The Bertz CT molecular complexity index is 592. The van der Waals surface area contributed by atoms with Crippen LogP contribution in [0.3, 0.4) is 0 Å². The van der Waals surface area contributed by atoms with Gasteiger partial charge in [-0.1, -0.05) is 35.3 Å². The minimum Gasteiger partial charge on any atom is -0.350 e. The van der Waals surface area contributed by atoms with Gasteiger partial charge in [-0.25, -0.2) is 0 Å². The first-order valence-corrected chi connectivity index (χ1v) is 8.55. The summed E-state index contributed by atoms with van der Waals surface area (Å²) in [5.41, 5.74) is 0.746. The van der Waals surface area contributed by atoms with Crippen LogP contribution in [0.25, 0.3) is 6.08 Å². The lowest BCUT2D eigenvalue weighted by molar-refractivity contribution is -0.131. The Kier molecular flexibility index (Phi) is 5.59. The maximum absolute atomic E-state index is 12.3. The second-order valence-electron chi connectivity index (χ2n) is 5.75. The molecule has 23 heavy (non-hydrogen) atoms. The molecule has 0 aliphatic carbocycles. The van der Waals surface area contributed by atoms with Crippen molar-refractivity contribution in [1.82, 2.24) is 4.90 Å². The summed E-state index contributed by atoms with van der Waals surface area (Å²) in [6, 6.07) is 5.37. The number of likely N-dealkylation sites (tertiary alicyclic amines) is 1. The summed E-state index contributed by atoms with van der Waals surface area (Å²) in [6.45, 7) is 2.79. The zero-order valence-corrected chi connectivity index (χ0v) is 14.2. The number of hydrogen-bond donors (Lipinski definition) is 0. The zero-order chi connectivity index (χ0) is 16.2. The molecule has 0 atom stereocenters. The summed E-state index contributed by atoms with van der Waals surface area (Å²) >= 11 is 12.1. The number of amides is 1. The van der Waals surface area contributed by atoms with Crippen molar-refractivity contribution in [2.45, 2.75) is 19.1 Å². The first kappa shape index (κ1) is 16.8. The third-order valence-corrected chi connectivity index (χ3v) is 5.10. The summed E-state index contributed by atoms with van der Waals surface area (Å²) < 4.78 is 11.1. The number of ether oxygens (including phenoxy) is 2. The molecule has 3 rings (SSSR count). The van der Waals surface area contributed by atoms with Crippen molar-refractivity contribution in [2.75, 3.05) is 26.3 Å². The molecule has 2 aliphatic heterocycles. The molecular weight excluding hydrogens is 337 g/mol. The minimum absolute atomic E-state index is 0.00671. The number of halogens is 2. The molecule has 1 amide bonds. The summed E-state index contributed by atoms with van der Waals surface area (Å²) in [7, 11) is 0. The molecule has 124 valence electrons. The summed E-state index contributed by atoms with van der Waals surface area (Å²) in [5, 5.41) is 0.950. The number of benzene rings is 1. The SMILES string of the molecule is O=C(/C=C/c1cccc(Cl)c1Cl)N1CCC(C2OCCO2)CC1. The predicted octanol–water partition coefficient (Wildman–Crippen LogP) is 3.62. The first-order chi connectivity index (χ1) is 11.1. The van der Waals surface area contributed by atoms with Crippen LogP contribution in [-0.4, -0.2) is 43.4 Å². The normalized spacial score (nSPS) is 20.5. The molecule has 0 radical (unpaired) electrons. The van der Waals surface area contributed by atoms with Crippen molar-refractivity contribution in [3.05, 3.63) is 39.9 Å². The maximum Gasteiger partial charge on any atom is 0.246 e. The molecule has 0 spiro atoms. The molecule has 0 unspecified atom stereocenters. The number of carbonyl (C=O) groups excluding carboxylic acids is 1. The van der Waals surface area contributed by atoms with Crippen molar-refractivity contribution in [2.24, 2.45) is 5.92 Å². The molecule has 2 fully saturated rings. The average molecular weight is 356 g/mol. The fourth-order valence-electron chi connectivity index (χ4n) is 2.96. The van der Waals surface area contributed by atoms with Crippen LogP contribution < -0.4 is 0 Å². The topological polar surface area (TPSA) is 38.8 Å². The molecule has 2 saturated heterocycles. The van der Waals surface area contributed by atoms with E-state index in [1.807, 2.05) is 17.0 Å². The van der Waals surface area contributed by atoms with Crippen LogP contribution in [0.2, 0.25) is 10.0 Å². The van der Waals surface area contributed by atoms with Crippen LogP contribution in [0.15, 0.2) is 24.3 Å². The lowest BCUT2D eigenvalue weighted by Crippen LogP contribution is -2.40. The molecule has 0 bridgehead atoms. The summed E-state index contributed by atoms with van der Waals surface area (Å²) in [5.74, 6) is 0.376. The van der Waals surface area contributed by atoms with E-state index in [1.54, 1.807) is 18.2 Å². The Balaban J connectivity index is 1.55. The predicted molar refractivity (Wildman–Crippen MR) is 90.5 cm³/mol. The van der Waals surface area contributed by atoms with Gasteiger partial charge < -0.3 is 14.4 Å². The Morgan fingerprint density at radius 3 is 2.57 bits per heavy atom. The van der Waals surface area contributed by atoms with Crippen LogP contribution >= 0.6 is 23.2 Å². The molecular formula is C17H19Cl2NO3. The van der Waals surface area contributed by atoms with Gasteiger partial charge in [0.25, 0.3) is 0 Å². The van der Waals surface area contributed by atoms with Gasteiger partial charge in [-0.3, -0.25) is 4.79 Å². The van der Waals surface area contributed by atoms with Crippen LogP contribution in [0, 0.1) is 5.92 Å². The number of hydrogen-bond acceptors (Lipinski definition) is 3. The Hall–Kier alpha value is -1.07. The standard InChI is InChI=1S/C17H19Cl2NO3/c18-14-3-1-2-12(16(14)19)4-5-15(21)20-8-6-13(7-9-20)17-22-10-11-23-17/h1-5,13,17H,6-11H2/b5-4+. The first-order valence-electron chi connectivity index (χ1n) is 7.79. The highest BCUT2D eigenvalue weighted by Crippen LogP contribution is 2.27. The van der Waals surface area contributed by atoms with E-state index in [0.29, 0.717) is 29.2 Å². The van der Waals surface area contributed by atoms with Gasteiger partial charge >= 0.3 is 0 Å². The smallest absolute Gasteiger partial charge is 0.246 e. The number of carbonyl (C=O) groups is 1. The van der Waals surface area contributed by atoms with E-state index in [4.69, 9.17) is 32.7 Å².